The topological polar surface area (TPSA) is 76.5 Å². The van der Waals surface area contributed by atoms with Crippen molar-refractivity contribution in [3.8, 4) is 0 Å². The number of nitrogens with zero attached hydrogens (tertiary/aromatic N) is 4. The van der Waals surface area contributed by atoms with E-state index in [2.05, 4.69) is 33.5 Å². The molecule has 0 aliphatic heterocycles. The van der Waals surface area contributed by atoms with E-state index in [-0.39, 0.29) is 5.78 Å². The maximum atomic E-state index is 12.7. The molecule has 0 bridgehead atoms. The van der Waals surface area contributed by atoms with Crippen LogP contribution in [0.3, 0.4) is 0 Å². The predicted octanol–water partition coefficient (Wildman–Crippen LogP) is 3.81. The van der Waals surface area contributed by atoms with Crippen molar-refractivity contribution in [1.29, 1.82) is 0 Å². The number of hydrogen-bond donors (Lipinski definition) is 1. The Bertz CT molecular complexity index is 894. The van der Waals surface area contributed by atoms with E-state index < -0.39 is 0 Å². The summed E-state index contributed by atoms with van der Waals surface area (Å²) in [5.74, 6) is 0.446. The lowest BCUT2D eigenvalue weighted by Crippen LogP contribution is -2.10. The minimum atomic E-state index is 0.102. The van der Waals surface area contributed by atoms with Gasteiger partial charge in [-0.25, -0.2) is 4.68 Å². The summed E-state index contributed by atoms with van der Waals surface area (Å²) in [5, 5.41) is 13.8. The minimum Gasteiger partial charge on any atom is -0.360 e. The molecule has 1 N–H and O–H groups in total. The Hall–Kier alpha value is -2.15. The number of Topliss-reactive ketones (excluding diaryl/α,β-unsaturated/α-hetero) is 1. The molecular weight excluding hydrogens is 334 g/mol. The van der Waals surface area contributed by atoms with E-state index >= 15 is 0 Å². The van der Waals surface area contributed by atoms with Gasteiger partial charge in [-0.3, -0.25) is 4.79 Å². The molecule has 1 aromatic carbocycles. The second kappa shape index (κ2) is 7.00. The van der Waals surface area contributed by atoms with Gasteiger partial charge in [0.2, 0.25) is 5.16 Å². The molecule has 1 aliphatic rings. The van der Waals surface area contributed by atoms with Crippen molar-refractivity contribution in [2.24, 2.45) is 0 Å². The largest absolute Gasteiger partial charge is 0.360 e. The molecule has 3 aromatic rings. The first kappa shape index (κ1) is 16.3. The van der Waals surface area contributed by atoms with Gasteiger partial charge in [-0.1, -0.05) is 49.7 Å². The predicted molar refractivity (Wildman–Crippen MR) is 98.1 cm³/mol. The molecule has 6 nitrogen and oxygen atoms in total. The van der Waals surface area contributed by atoms with Crippen LogP contribution in [0.1, 0.15) is 54.6 Å². The third-order valence-electron chi connectivity index (χ3n) is 4.95. The second-order valence-corrected chi connectivity index (χ2v) is 7.39. The van der Waals surface area contributed by atoms with E-state index in [9.17, 15) is 4.79 Å². The van der Waals surface area contributed by atoms with E-state index in [0.29, 0.717) is 11.8 Å². The fourth-order valence-corrected chi connectivity index (χ4v) is 4.44. The summed E-state index contributed by atoms with van der Waals surface area (Å²) in [5.41, 5.74) is 3.04. The second-order valence-electron chi connectivity index (χ2n) is 6.45. The number of nitrogens with one attached hydrogen (secondary N) is 1. The Morgan fingerprint density at radius 2 is 2.20 bits per heavy atom. The zero-order valence-electron chi connectivity index (χ0n) is 14.2. The number of thioether (sulfide) groups is 1. The molecule has 2 aromatic heterocycles. The maximum Gasteiger partial charge on any atom is 0.210 e. The molecule has 2 heterocycles. The molecule has 0 radical (unpaired) electrons. The lowest BCUT2D eigenvalue weighted by atomic mass is 10.1. The molecular formula is C18H21N5OS. The number of carbonyl (C=O) groups is 1. The number of H-pyrrole nitrogens is 1. The highest BCUT2D eigenvalue weighted by molar-refractivity contribution is 7.99. The molecule has 7 heteroatoms. The van der Waals surface area contributed by atoms with Gasteiger partial charge in [-0.15, -0.1) is 5.10 Å². The van der Waals surface area contributed by atoms with E-state index in [1.54, 1.807) is 0 Å². The van der Waals surface area contributed by atoms with Gasteiger partial charge < -0.3 is 4.98 Å². The van der Waals surface area contributed by atoms with Crippen molar-refractivity contribution in [1.82, 2.24) is 25.2 Å². The average molecular weight is 355 g/mol. The summed E-state index contributed by atoms with van der Waals surface area (Å²) >= 11 is 1.43. The van der Waals surface area contributed by atoms with Crippen LogP contribution in [0.15, 0.2) is 29.6 Å². The van der Waals surface area contributed by atoms with Crippen molar-refractivity contribution < 1.29 is 4.79 Å². The van der Waals surface area contributed by atoms with Crippen molar-refractivity contribution >= 4 is 28.4 Å². The van der Waals surface area contributed by atoms with Crippen LogP contribution in [-0.4, -0.2) is 36.7 Å². The number of hydrogen-bond acceptors (Lipinski definition) is 5. The van der Waals surface area contributed by atoms with E-state index in [0.717, 1.165) is 40.9 Å². The van der Waals surface area contributed by atoms with Gasteiger partial charge in [-0.2, -0.15) is 0 Å². The molecule has 0 saturated heterocycles. The summed E-state index contributed by atoms with van der Waals surface area (Å²) in [4.78, 5) is 16.0. The van der Waals surface area contributed by atoms with E-state index in [4.69, 9.17) is 0 Å². The summed E-state index contributed by atoms with van der Waals surface area (Å²) in [6.45, 7) is 2.12. The lowest BCUT2D eigenvalue weighted by Gasteiger charge is -2.10. The van der Waals surface area contributed by atoms with Crippen LogP contribution in [0.25, 0.3) is 10.9 Å². The van der Waals surface area contributed by atoms with Crippen LogP contribution in [0, 0.1) is 0 Å². The van der Waals surface area contributed by atoms with Gasteiger partial charge in [0.1, 0.15) is 0 Å². The number of rotatable bonds is 6. The van der Waals surface area contributed by atoms with Gasteiger partial charge in [0.05, 0.1) is 11.8 Å². The number of ketones is 1. The summed E-state index contributed by atoms with van der Waals surface area (Å²) in [6, 6.07) is 6.50. The minimum absolute atomic E-state index is 0.102. The number of carbonyl (C=O) groups excluding carboxylic acids is 1. The van der Waals surface area contributed by atoms with Gasteiger partial charge in [-0.05, 0) is 35.3 Å². The van der Waals surface area contributed by atoms with Crippen molar-refractivity contribution in [3.05, 3.63) is 35.5 Å². The first-order chi connectivity index (χ1) is 12.3. The molecule has 0 amide bonds. The Balaban J connectivity index is 1.51. The van der Waals surface area contributed by atoms with E-state index in [1.807, 2.05) is 23.0 Å². The highest BCUT2D eigenvalue weighted by Gasteiger charge is 2.22. The molecule has 1 saturated carbocycles. The Labute approximate surface area is 150 Å². The number of aromatic nitrogens is 5. The number of fused-ring (bicyclic) bond motifs is 1. The highest BCUT2D eigenvalue weighted by Crippen LogP contribution is 2.32. The van der Waals surface area contributed by atoms with Crippen molar-refractivity contribution in [2.45, 2.75) is 50.2 Å². The summed E-state index contributed by atoms with van der Waals surface area (Å²) in [7, 11) is 0. The Morgan fingerprint density at radius 1 is 1.36 bits per heavy atom. The molecule has 25 heavy (non-hydrogen) atoms. The number of benzene rings is 1. The first-order valence-corrected chi connectivity index (χ1v) is 9.79. The molecule has 1 aliphatic carbocycles. The first-order valence-electron chi connectivity index (χ1n) is 8.80. The molecule has 0 atom stereocenters. The van der Waals surface area contributed by atoms with Gasteiger partial charge in [0.25, 0.3) is 0 Å². The summed E-state index contributed by atoms with van der Waals surface area (Å²) in [6.07, 6.45) is 7.46. The molecule has 4 rings (SSSR count). The zero-order valence-corrected chi connectivity index (χ0v) is 15.1. The SMILES string of the molecule is CCc1cccc2c(C(=O)CSc3nnnn3C3CCCC3)c[nH]c12. The number of para-hydroxylation sites is 1. The van der Waals surface area contributed by atoms with Gasteiger partial charge in [0.15, 0.2) is 5.78 Å². The van der Waals surface area contributed by atoms with Crippen LogP contribution in [0.4, 0.5) is 0 Å². The van der Waals surface area contributed by atoms with Crippen LogP contribution in [-0.2, 0) is 6.42 Å². The number of aryl methyl sites for hydroxylation is 1. The van der Waals surface area contributed by atoms with Crippen molar-refractivity contribution in [3.63, 3.8) is 0 Å². The molecule has 1 fully saturated rings. The third kappa shape index (κ3) is 3.08. The third-order valence-corrected chi connectivity index (χ3v) is 5.88. The zero-order chi connectivity index (χ0) is 17.2. The van der Waals surface area contributed by atoms with Crippen molar-refractivity contribution in [2.75, 3.05) is 5.75 Å². The highest BCUT2D eigenvalue weighted by atomic mass is 32.2. The lowest BCUT2D eigenvalue weighted by molar-refractivity contribution is 0.102. The summed E-state index contributed by atoms with van der Waals surface area (Å²) < 4.78 is 1.90. The average Bonchev–Trinajstić information content (AvgIpc) is 3.38. The normalized spacial score (nSPS) is 15.2. The van der Waals surface area contributed by atoms with Crippen LogP contribution < -0.4 is 0 Å². The molecule has 130 valence electrons. The van der Waals surface area contributed by atoms with Crippen LogP contribution >= 0.6 is 11.8 Å². The van der Waals surface area contributed by atoms with Gasteiger partial charge >= 0.3 is 0 Å². The maximum absolute atomic E-state index is 12.7. The van der Waals surface area contributed by atoms with Gasteiger partial charge in [0, 0.05) is 22.7 Å². The standard InChI is InChI=1S/C18H21N5OS/c1-2-12-6-5-9-14-15(10-19-17(12)14)16(24)11-25-18-20-21-22-23(18)13-7-3-4-8-13/h5-6,9-10,13,19H,2-4,7-8,11H2,1H3. The van der Waals surface area contributed by atoms with Crippen LogP contribution in [0.5, 0.6) is 0 Å². The van der Waals surface area contributed by atoms with E-state index in [1.165, 1.54) is 30.2 Å². The fourth-order valence-electron chi connectivity index (χ4n) is 3.61. The molecule has 0 unspecified atom stereocenters. The Kier molecular flexibility index (Phi) is 4.57. The number of aromatic amines is 1. The fraction of sp³-hybridized carbons (Fsp3) is 0.444. The van der Waals surface area contributed by atoms with Crippen LogP contribution in [0.2, 0.25) is 0 Å². The smallest absolute Gasteiger partial charge is 0.210 e. The monoisotopic (exact) mass is 355 g/mol. The number of tetrazole rings is 1. The Morgan fingerprint density at radius 3 is 3.00 bits per heavy atom. The molecule has 0 spiro atoms. The quantitative estimate of drug-likeness (QED) is 0.537.